The SMILES string of the molecule is O=C(Cc1cncnc1)Nc1cccc(O[C@@H]2CC(=O)N2)c1. The Kier molecular flexibility index (Phi) is 3.95. The number of carbonyl (C=O) groups excluding carboxylic acids is 2. The molecule has 3 rings (SSSR count). The largest absolute Gasteiger partial charge is 0.470 e. The van der Waals surface area contributed by atoms with Gasteiger partial charge in [-0.05, 0) is 17.7 Å². The van der Waals surface area contributed by atoms with Crippen molar-refractivity contribution in [3.63, 3.8) is 0 Å². The summed E-state index contributed by atoms with van der Waals surface area (Å²) in [5.41, 5.74) is 1.37. The molecule has 1 atom stereocenters. The minimum absolute atomic E-state index is 0.0282. The molecular weight excluding hydrogens is 284 g/mol. The number of nitrogens with zero attached hydrogens (tertiary/aromatic N) is 2. The van der Waals surface area contributed by atoms with Crippen LogP contribution in [0.1, 0.15) is 12.0 Å². The molecule has 0 aliphatic carbocycles. The Morgan fingerprint density at radius 2 is 2.14 bits per heavy atom. The lowest BCUT2D eigenvalue weighted by Crippen LogP contribution is -2.51. The topological polar surface area (TPSA) is 93.2 Å². The van der Waals surface area contributed by atoms with Gasteiger partial charge in [0, 0.05) is 24.1 Å². The van der Waals surface area contributed by atoms with Crippen molar-refractivity contribution in [1.29, 1.82) is 0 Å². The van der Waals surface area contributed by atoms with Gasteiger partial charge in [-0.15, -0.1) is 0 Å². The van der Waals surface area contributed by atoms with E-state index in [0.717, 1.165) is 5.56 Å². The van der Waals surface area contributed by atoms with E-state index in [1.807, 2.05) is 0 Å². The molecule has 2 aromatic rings. The van der Waals surface area contributed by atoms with Crippen molar-refractivity contribution >= 4 is 17.5 Å². The van der Waals surface area contributed by atoms with Crippen molar-refractivity contribution in [1.82, 2.24) is 15.3 Å². The summed E-state index contributed by atoms with van der Waals surface area (Å²) in [5.74, 6) is 0.397. The number of benzene rings is 1. The van der Waals surface area contributed by atoms with E-state index < -0.39 is 0 Å². The van der Waals surface area contributed by atoms with Crippen LogP contribution in [0.25, 0.3) is 0 Å². The predicted octanol–water partition coefficient (Wildman–Crippen LogP) is 0.883. The lowest BCUT2D eigenvalue weighted by Gasteiger charge is -2.27. The normalized spacial score (nSPS) is 16.4. The molecular formula is C15H14N4O3. The fourth-order valence-electron chi connectivity index (χ4n) is 2.02. The van der Waals surface area contributed by atoms with Crippen LogP contribution in [0.4, 0.5) is 5.69 Å². The van der Waals surface area contributed by atoms with Crippen molar-refractivity contribution in [3.8, 4) is 5.75 Å². The van der Waals surface area contributed by atoms with E-state index >= 15 is 0 Å². The van der Waals surface area contributed by atoms with Crippen molar-refractivity contribution in [2.45, 2.75) is 19.1 Å². The van der Waals surface area contributed by atoms with Gasteiger partial charge in [0.1, 0.15) is 12.1 Å². The van der Waals surface area contributed by atoms with Crippen LogP contribution >= 0.6 is 0 Å². The Morgan fingerprint density at radius 3 is 2.86 bits per heavy atom. The standard InChI is InChI=1S/C15H14N4O3/c20-13(4-10-7-16-9-17-8-10)18-11-2-1-3-12(5-11)22-15-6-14(21)19-15/h1-3,5,7-9,15H,4,6H2,(H,18,20)(H,19,21)/t15-/m1/s1. The fourth-order valence-corrected chi connectivity index (χ4v) is 2.02. The molecule has 2 heterocycles. The number of amides is 2. The Morgan fingerprint density at radius 1 is 1.36 bits per heavy atom. The first-order chi connectivity index (χ1) is 10.7. The molecule has 7 nitrogen and oxygen atoms in total. The van der Waals surface area contributed by atoms with Gasteiger partial charge in [0.25, 0.3) is 0 Å². The molecule has 1 fully saturated rings. The zero-order valence-electron chi connectivity index (χ0n) is 11.7. The number of carbonyl (C=O) groups is 2. The van der Waals surface area contributed by atoms with Crippen LogP contribution in [-0.2, 0) is 16.0 Å². The zero-order chi connectivity index (χ0) is 15.4. The minimum Gasteiger partial charge on any atom is -0.470 e. The molecule has 0 bridgehead atoms. The number of ether oxygens (including phenoxy) is 1. The zero-order valence-corrected chi connectivity index (χ0v) is 11.7. The summed E-state index contributed by atoms with van der Waals surface area (Å²) in [6, 6.07) is 7.03. The van der Waals surface area contributed by atoms with Gasteiger partial charge in [-0.1, -0.05) is 6.07 Å². The summed E-state index contributed by atoms with van der Waals surface area (Å²) in [4.78, 5) is 30.5. The van der Waals surface area contributed by atoms with E-state index in [-0.39, 0.29) is 24.5 Å². The lowest BCUT2D eigenvalue weighted by atomic mass is 10.2. The van der Waals surface area contributed by atoms with E-state index in [0.29, 0.717) is 17.9 Å². The maximum atomic E-state index is 12.0. The smallest absolute Gasteiger partial charge is 0.228 e. The molecule has 1 aliphatic heterocycles. The monoisotopic (exact) mass is 298 g/mol. The van der Waals surface area contributed by atoms with Gasteiger partial charge in [0.05, 0.1) is 12.8 Å². The van der Waals surface area contributed by atoms with Crippen LogP contribution in [0.3, 0.4) is 0 Å². The minimum atomic E-state index is -0.292. The molecule has 2 N–H and O–H groups in total. The number of anilines is 1. The Bertz CT molecular complexity index is 682. The van der Waals surface area contributed by atoms with Crippen molar-refractivity contribution in [2.24, 2.45) is 0 Å². The maximum absolute atomic E-state index is 12.0. The average molecular weight is 298 g/mol. The highest BCUT2D eigenvalue weighted by Gasteiger charge is 2.26. The number of aromatic nitrogens is 2. The Hall–Kier alpha value is -2.96. The van der Waals surface area contributed by atoms with Gasteiger partial charge in [-0.25, -0.2) is 9.97 Å². The number of rotatable bonds is 5. The highest BCUT2D eigenvalue weighted by molar-refractivity contribution is 5.92. The second kappa shape index (κ2) is 6.21. The molecule has 1 aromatic heterocycles. The van der Waals surface area contributed by atoms with Crippen LogP contribution in [0.2, 0.25) is 0 Å². The molecule has 1 aromatic carbocycles. The molecule has 2 amide bonds. The molecule has 0 saturated carbocycles. The highest BCUT2D eigenvalue weighted by atomic mass is 16.5. The predicted molar refractivity (Wildman–Crippen MR) is 78.0 cm³/mol. The van der Waals surface area contributed by atoms with Gasteiger partial charge in [-0.3, -0.25) is 9.59 Å². The Labute approximate surface area is 126 Å². The van der Waals surface area contributed by atoms with Gasteiger partial charge >= 0.3 is 0 Å². The fraction of sp³-hybridized carbons (Fsp3) is 0.200. The Balaban J connectivity index is 1.57. The highest BCUT2D eigenvalue weighted by Crippen LogP contribution is 2.20. The quantitative estimate of drug-likeness (QED) is 0.799. The molecule has 0 spiro atoms. The molecule has 1 saturated heterocycles. The summed E-state index contributed by atoms with van der Waals surface area (Å²) in [6.45, 7) is 0. The van der Waals surface area contributed by atoms with Gasteiger partial charge in [-0.2, -0.15) is 0 Å². The summed E-state index contributed by atoms with van der Waals surface area (Å²) in [7, 11) is 0. The van der Waals surface area contributed by atoms with Crippen LogP contribution < -0.4 is 15.4 Å². The third-order valence-corrected chi connectivity index (χ3v) is 3.07. The molecule has 1 aliphatic rings. The summed E-state index contributed by atoms with van der Waals surface area (Å²) >= 11 is 0. The third kappa shape index (κ3) is 3.57. The number of nitrogens with one attached hydrogen (secondary N) is 2. The molecule has 112 valence electrons. The first-order valence-electron chi connectivity index (χ1n) is 6.79. The number of β-lactam (4-membered cyclic amide) rings is 1. The van der Waals surface area contributed by atoms with Crippen molar-refractivity contribution < 1.29 is 14.3 Å². The van der Waals surface area contributed by atoms with E-state index in [9.17, 15) is 9.59 Å². The summed E-state index contributed by atoms with van der Waals surface area (Å²) in [6.07, 6.45) is 4.88. The number of hydrogen-bond donors (Lipinski definition) is 2. The van der Waals surface area contributed by atoms with Gasteiger partial charge < -0.3 is 15.4 Å². The van der Waals surface area contributed by atoms with E-state index in [4.69, 9.17) is 4.74 Å². The van der Waals surface area contributed by atoms with Crippen LogP contribution in [0.15, 0.2) is 43.0 Å². The molecule has 7 heteroatoms. The molecule has 0 radical (unpaired) electrons. The average Bonchev–Trinajstić information content (AvgIpc) is 2.47. The van der Waals surface area contributed by atoms with E-state index in [1.165, 1.54) is 6.33 Å². The van der Waals surface area contributed by atoms with Crippen LogP contribution in [0.5, 0.6) is 5.75 Å². The molecule has 22 heavy (non-hydrogen) atoms. The van der Waals surface area contributed by atoms with E-state index in [1.54, 1.807) is 36.7 Å². The van der Waals surface area contributed by atoms with Gasteiger partial charge in [0.2, 0.25) is 11.8 Å². The van der Waals surface area contributed by atoms with Gasteiger partial charge in [0.15, 0.2) is 6.23 Å². The van der Waals surface area contributed by atoms with Crippen LogP contribution in [-0.4, -0.2) is 28.0 Å². The first-order valence-corrected chi connectivity index (χ1v) is 6.79. The maximum Gasteiger partial charge on any atom is 0.228 e. The second-order valence-electron chi connectivity index (χ2n) is 4.88. The van der Waals surface area contributed by atoms with Crippen molar-refractivity contribution in [3.05, 3.63) is 48.5 Å². The second-order valence-corrected chi connectivity index (χ2v) is 4.88. The van der Waals surface area contributed by atoms with E-state index in [2.05, 4.69) is 20.6 Å². The third-order valence-electron chi connectivity index (χ3n) is 3.07. The molecule has 0 unspecified atom stereocenters. The van der Waals surface area contributed by atoms with Crippen LogP contribution in [0, 0.1) is 0 Å². The number of hydrogen-bond acceptors (Lipinski definition) is 5. The first kappa shape index (κ1) is 14.0. The summed E-state index contributed by atoms with van der Waals surface area (Å²) < 4.78 is 5.56. The van der Waals surface area contributed by atoms with Crippen molar-refractivity contribution in [2.75, 3.05) is 5.32 Å². The lowest BCUT2D eigenvalue weighted by molar-refractivity contribution is -0.134. The summed E-state index contributed by atoms with van der Waals surface area (Å²) in [5, 5.41) is 5.41.